The van der Waals surface area contributed by atoms with Gasteiger partial charge in [-0.2, -0.15) is 0 Å². The minimum absolute atomic E-state index is 0.223. The van der Waals surface area contributed by atoms with Gasteiger partial charge in [-0.3, -0.25) is 0 Å². The standard InChI is InChI=1S/C31H35FN6O/c1-21-36-37-31(39-21)23-10-14-27(15-11-23)38-18-4-5-26(20-38)34-28-6-2-3-7-29(28)35-30-19-24(16-17-33-30)22-8-12-25(32)13-9-22/h8-17,19,26,28-29,34H,2-7,18,20H2,1H3,(H,33,35). The molecule has 2 N–H and O–H groups in total. The maximum Gasteiger partial charge on any atom is 0.247 e. The number of halogens is 1. The van der Waals surface area contributed by atoms with Crippen LogP contribution in [0.3, 0.4) is 0 Å². The van der Waals surface area contributed by atoms with Crippen LogP contribution in [0.1, 0.15) is 44.4 Å². The van der Waals surface area contributed by atoms with Crippen molar-refractivity contribution in [2.24, 2.45) is 0 Å². The summed E-state index contributed by atoms with van der Waals surface area (Å²) in [6.07, 6.45) is 8.90. The first-order valence-corrected chi connectivity index (χ1v) is 14.0. The van der Waals surface area contributed by atoms with Gasteiger partial charge in [-0.05, 0) is 85.3 Å². The molecule has 6 rings (SSSR count). The molecule has 3 atom stereocenters. The number of anilines is 2. The van der Waals surface area contributed by atoms with Crippen molar-refractivity contribution in [3.05, 3.63) is 78.6 Å². The first kappa shape index (κ1) is 25.5. The zero-order valence-electron chi connectivity index (χ0n) is 22.3. The molecule has 8 heteroatoms. The van der Waals surface area contributed by atoms with Crippen LogP contribution in [-0.2, 0) is 0 Å². The Morgan fingerprint density at radius 2 is 1.62 bits per heavy atom. The highest BCUT2D eigenvalue weighted by Crippen LogP contribution is 2.28. The summed E-state index contributed by atoms with van der Waals surface area (Å²) in [6, 6.07) is 20.3. The Bertz CT molecular complexity index is 1370. The summed E-state index contributed by atoms with van der Waals surface area (Å²) < 4.78 is 19.0. The Labute approximate surface area is 228 Å². The molecule has 4 aromatic rings. The lowest BCUT2D eigenvalue weighted by Crippen LogP contribution is -2.54. The molecule has 7 nitrogen and oxygen atoms in total. The van der Waals surface area contributed by atoms with E-state index in [9.17, 15) is 4.39 Å². The molecular weight excluding hydrogens is 491 g/mol. The third-order valence-electron chi connectivity index (χ3n) is 7.91. The highest BCUT2D eigenvalue weighted by molar-refractivity contribution is 5.66. The Morgan fingerprint density at radius 3 is 2.38 bits per heavy atom. The van der Waals surface area contributed by atoms with Crippen molar-refractivity contribution in [3.8, 4) is 22.6 Å². The predicted molar refractivity (Wildman–Crippen MR) is 152 cm³/mol. The molecule has 1 saturated carbocycles. The lowest BCUT2D eigenvalue weighted by molar-refractivity contribution is 0.293. The van der Waals surface area contributed by atoms with Crippen LogP contribution < -0.4 is 15.5 Å². The Kier molecular flexibility index (Phi) is 7.54. The van der Waals surface area contributed by atoms with Gasteiger partial charge < -0.3 is 20.0 Å². The highest BCUT2D eigenvalue weighted by Gasteiger charge is 2.29. The van der Waals surface area contributed by atoms with E-state index in [1.54, 1.807) is 6.92 Å². The van der Waals surface area contributed by atoms with Crippen molar-refractivity contribution >= 4 is 11.5 Å². The van der Waals surface area contributed by atoms with E-state index in [1.165, 1.54) is 37.1 Å². The molecule has 0 amide bonds. The Balaban J connectivity index is 1.10. The molecule has 0 spiro atoms. The van der Waals surface area contributed by atoms with Gasteiger partial charge in [0, 0.05) is 55.6 Å². The maximum atomic E-state index is 13.4. The number of nitrogens with zero attached hydrogens (tertiary/aromatic N) is 4. The third-order valence-corrected chi connectivity index (χ3v) is 7.91. The summed E-state index contributed by atoms with van der Waals surface area (Å²) in [4.78, 5) is 7.08. The van der Waals surface area contributed by atoms with Gasteiger partial charge in [0.15, 0.2) is 0 Å². The van der Waals surface area contributed by atoms with E-state index in [2.05, 4.69) is 61.0 Å². The molecule has 0 radical (unpaired) electrons. The van der Waals surface area contributed by atoms with Crippen LogP contribution in [-0.4, -0.2) is 46.4 Å². The van der Waals surface area contributed by atoms with E-state index in [1.807, 2.05) is 24.4 Å². The smallest absolute Gasteiger partial charge is 0.247 e. The van der Waals surface area contributed by atoms with Gasteiger partial charge in [0.25, 0.3) is 0 Å². The third kappa shape index (κ3) is 6.11. The van der Waals surface area contributed by atoms with Crippen LogP contribution >= 0.6 is 0 Å². The fourth-order valence-electron chi connectivity index (χ4n) is 5.90. The summed E-state index contributed by atoms with van der Waals surface area (Å²) in [7, 11) is 0. The highest BCUT2D eigenvalue weighted by atomic mass is 19.1. The molecule has 2 fully saturated rings. The number of piperidine rings is 1. The molecule has 1 saturated heterocycles. The van der Waals surface area contributed by atoms with Crippen molar-refractivity contribution < 1.29 is 8.81 Å². The predicted octanol–water partition coefficient (Wildman–Crippen LogP) is 6.23. The first-order chi connectivity index (χ1) is 19.1. The van der Waals surface area contributed by atoms with Crippen molar-refractivity contribution in [1.82, 2.24) is 20.5 Å². The van der Waals surface area contributed by atoms with Crippen molar-refractivity contribution in [2.45, 2.75) is 63.6 Å². The minimum Gasteiger partial charge on any atom is -0.421 e. The fourth-order valence-corrected chi connectivity index (χ4v) is 5.90. The summed E-state index contributed by atoms with van der Waals surface area (Å²) in [6.45, 7) is 3.85. The molecule has 202 valence electrons. The van der Waals surface area contributed by atoms with Gasteiger partial charge in [0.2, 0.25) is 11.8 Å². The van der Waals surface area contributed by atoms with Crippen LogP contribution in [0.2, 0.25) is 0 Å². The van der Waals surface area contributed by atoms with E-state index in [-0.39, 0.29) is 5.82 Å². The normalized spacial score (nSPS) is 21.6. The van der Waals surface area contributed by atoms with Gasteiger partial charge in [0.05, 0.1) is 0 Å². The van der Waals surface area contributed by atoms with Gasteiger partial charge in [-0.1, -0.05) is 25.0 Å². The number of aryl methyl sites for hydroxylation is 1. The maximum absolute atomic E-state index is 13.4. The summed E-state index contributed by atoms with van der Waals surface area (Å²) in [5.41, 5.74) is 4.19. The van der Waals surface area contributed by atoms with Crippen molar-refractivity contribution in [3.63, 3.8) is 0 Å². The molecule has 2 aromatic heterocycles. The van der Waals surface area contributed by atoms with E-state index in [0.29, 0.717) is 29.9 Å². The number of rotatable bonds is 7. The SMILES string of the molecule is Cc1nnc(-c2ccc(N3CCCC(NC4CCCCC4Nc4cc(-c5ccc(F)cc5)ccn4)C3)cc2)o1. The number of pyridine rings is 1. The van der Waals surface area contributed by atoms with E-state index in [4.69, 9.17) is 4.42 Å². The second-order valence-electron chi connectivity index (χ2n) is 10.7. The van der Waals surface area contributed by atoms with Gasteiger partial charge in [0.1, 0.15) is 11.6 Å². The summed E-state index contributed by atoms with van der Waals surface area (Å²) >= 11 is 0. The zero-order chi connectivity index (χ0) is 26.6. The van der Waals surface area contributed by atoms with Gasteiger partial charge >= 0.3 is 0 Å². The summed E-state index contributed by atoms with van der Waals surface area (Å²) in [5.74, 6) is 1.79. The summed E-state index contributed by atoms with van der Waals surface area (Å²) in [5, 5.41) is 15.8. The first-order valence-electron chi connectivity index (χ1n) is 14.0. The number of nitrogens with one attached hydrogen (secondary N) is 2. The van der Waals surface area contributed by atoms with E-state index < -0.39 is 0 Å². The number of hydrogen-bond acceptors (Lipinski definition) is 7. The average Bonchev–Trinajstić information content (AvgIpc) is 3.41. The largest absolute Gasteiger partial charge is 0.421 e. The lowest BCUT2D eigenvalue weighted by atomic mass is 9.89. The average molecular weight is 527 g/mol. The zero-order valence-corrected chi connectivity index (χ0v) is 22.3. The molecule has 3 heterocycles. The van der Waals surface area contributed by atoms with Gasteiger partial charge in [-0.15, -0.1) is 10.2 Å². The second-order valence-corrected chi connectivity index (χ2v) is 10.7. The van der Waals surface area contributed by atoms with E-state index in [0.717, 1.165) is 54.9 Å². The monoisotopic (exact) mass is 526 g/mol. The Hall–Kier alpha value is -3.78. The second kappa shape index (κ2) is 11.5. The molecule has 0 bridgehead atoms. The topological polar surface area (TPSA) is 79.1 Å². The minimum atomic E-state index is -0.223. The fraction of sp³-hybridized carbons (Fsp3) is 0.387. The van der Waals surface area contributed by atoms with Crippen LogP contribution in [0, 0.1) is 12.7 Å². The van der Waals surface area contributed by atoms with E-state index >= 15 is 0 Å². The molecule has 1 aliphatic carbocycles. The number of aromatic nitrogens is 3. The van der Waals surface area contributed by atoms with Crippen molar-refractivity contribution in [1.29, 1.82) is 0 Å². The lowest BCUT2D eigenvalue weighted by Gasteiger charge is -2.40. The molecule has 3 unspecified atom stereocenters. The molecule has 2 aromatic carbocycles. The Morgan fingerprint density at radius 1 is 0.846 bits per heavy atom. The van der Waals surface area contributed by atoms with Gasteiger partial charge in [-0.25, -0.2) is 9.37 Å². The molecule has 2 aliphatic rings. The van der Waals surface area contributed by atoms with Crippen LogP contribution in [0.15, 0.2) is 71.3 Å². The molecular formula is C31H35FN6O. The van der Waals surface area contributed by atoms with Crippen LogP contribution in [0.25, 0.3) is 22.6 Å². The number of hydrogen-bond donors (Lipinski definition) is 2. The number of benzene rings is 2. The molecule has 39 heavy (non-hydrogen) atoms. The quantitative estimate of drug-likeness (QED) is 0.296. The molecule has 1 aliphatic heterocycles. The van der Waals surface area contributed by atoms with Crippen LogP contribution in [0.5, 0.6) is 0 Å². The van der Waals surface area contributed by atoms with Crippen LogP contribution in [0.4, 0.5) is 15.9 Å². The van der Waals surface area contributed by atoms with Crippen molar-refractivity contribution in [2.75, 3.05) is 23.3 Å².